The minimum atomic E-state index is 0.152. The Morgan fingerprint density at radius 1 is 0.632 bits per heavy atom. The number of benzene rings is 4. The normalized spacial score (nSPS) is 16.9. The summed E-state index contributed by atoms with van der Waals surface area (Å²) >= 11 is 0. The molecule has 0 N–H and O–H groups in total. The van der Waals surface area contributed by atoms with Crippen LogP contribution in [0.1, 0.15) is 38.7 Å². The molecular formula is C34H35N3O. The Morgan fingerprint density at radius 2 is 1.13 bits per heavy atom. The van der Waals surface area contributed by atoms with Gasteiger partial charge in [0.1, 0.15) is 0 Å². The van der Waals surface area contributed by atoms with Gasteiger partial charge in [-0.1, -0.05) is 103 Å². The van der Waals surface area contributed by atoms with E-state index in [1.807, 2.05) is 23.1 Å². The number of nitrogens with zero attached hydrogens (tertiary/aromatic N) is 3. The average molecular weight is 502 g/mol. The third kappa shape index (κ3) is 5.42. The lowest BCUT2D eigenvalue weighted by molar-refractivity contribution is -0.00734. The van der Waals surface area contributed by atoms with Crippen LogP contribution in [0.25, 0.3) is 0 Å². The summed E-state index contributed by atoms with van der Waals surface area (Å²) in [4.78, 5) is 20.4. The highest BCUT2D eigenvalue weighted by molar-refractivity contribution is 5.94. The number of amides is 1. The van der Waals surface area contributed by atoms with Gasteiger partial charge in [-0.25, -0.2) is 0 Å². The van der Waals surface area contributed by atoms with E-state index in [2.05, 4.69) is 107 Å². The minimum absolute atomic E-state index is 0.152. The summed E-state index contributed by atoms with van der Waals surface area (Å²) in [6.07, 6.45) is 0.891. The van der Waals surface area contributed by atoms with Crippen molar-refractivity contribution in [2.75, 3.05) is 39.3 Å². The summed E-state index contributed by atoms with van der Waals surface area (Å²) in [5, 5.41) is 0. The maximum absolute atomic E-state index is 13.2. The van der Waals surface area contributed by atoms with E-state index in [0.717, 1.165) is 51.3 Å². The fourth-order valence-corrected chi connectivity index (χ4v) is 5.88. The molecule has 2 saturated heterocycles. The van der Waals surface area contributed by atoms with E-state index < -0.39 is 0 Å². The molecule has 0 aromatic heterocycles. The Kier molecular flexibility index (Phi) is 7.34. The summed E-state index contributed by atoms with van der Waals surface area (Å²) in [5.41, 5.74) is 6.01. The van der Waals surface area contributed by atoms with E-state index in [4.69, 9.17) is 0 Å². The van der Waals surface area contributed by atoms with Crippen LogP contribution < -0.4 is 0 Å². The number of piperazine rings is 1. The predicted molar refractivity (Wildman–Crippen MR) is 153 cm³/mol. The van der Waals surface area contributed by atoms with Crippen molar-refractivity contribution >= 4 is 5.91 Å². The zero-order chi connectivity index (χ0) is 25.7. The van der Waals surface area contributed by atoms with Gasteiger partial charge in [0.05, 0.1) is 6.04 Å². The molecule has 4 aromatic carbocycles. The molecule has 0 atom stereocenters. The highest BCUT2D eigenvalue weighted by atomic mass is 16.2. The maximum Gasteiger partial charge on any atom is 0.253 e. The molecule has 2 fully saturated rings. The van der Waals surface area contributed by atoms with Crippen molar-refractivity contribution in [2.24, 2.45) is 0 Å². The number of carbonyl (C=O) groups excluding carboxylic acids is 1. The number of hydrogen-bond acceptors (Lipinski definition) is 3. The summed E-state index contributed by atoms with van der Waals surface area (Å²) in [6.45, 7) is 5.59. The zero-order valence-electron chi connectivity index (χ0n) is 21.8. The van der Waals surface area contributed by atoms with Gasteiger partial charge < -0.3 is 4.90 Å². The van der Waals surface area contributed by atoms with E-state index in [1.54, 1.807) is 0 Å². The summed E-state index contributed by atoms with van der Waals surface area (Å²) in [6, 6.07) is 41.1. The second-order valence-corrected chi connectivity index (χ2v) is 10.5. The fourth-order valence-electron chi connectivity index (χ4n) is 5.88. The van der Waals surface area contributed by atoms with Crippen LogP contribution in [0.3, 0.4) is 0 Å². The zero-order valence-corrected chi connectivity index (χ0v) is 21.8. The largest absolute Gasteiger partial charge is 0.336 e. The van der Waals surface area contributed by atoms with Crippen LogP contribution in [0.2, 0.25) is 0 Å². The molecule has 2 aliphatic heterocycles. The van der Waals surface area contributed by atoms with Crippen LogP contribution in [0, 0.1) is 0 Å². The second-order valence-electron chi connectivity index (χ2n) is 10.5. The van der Waals surface area contributed by atoms with Crippen molar-refractivity contribution in [1.29, 1.82) is 0 Å². The molecule has 0 spiro atoms. The van der Waals surface area contributed by atoms with Gasteiger partial charge in [0.2, 0.25) is 0 Å². The van der Waals surface area contributed by atoms with Gasteiger partial charge in [0, 0.05) is 50.9 Å². The van der Waals surface area contributed by atoms with Crippen molar-refractivity contribution in [3.63, 3.8) is 0 Å². The van der Waals surface area contributed by atoms with E-state index in [-0.39, 0.29) is 5.91 Å². The van der Waals surface area contributed by atoms with Crippen molar-refractivity contribution in [2.45, 2.75) is 18.5 Å². The third-order valence-corrected chi connectivity index (χ3v) is 8.06. The SMILES string of the molecule is O=C(c1ccc(Cc2ccccc2)cc1)N1CCN(C2CN(C(c3ccccc3)c3ccccc3)C2)CC1. The summed E-state index contributed by atoms with van der Waals surface area (Å²) in [7, 11) is 0. The van der Waals surface area contributed by atoms with Gasteiger partial charge in [-0.2, -0.15) is 0 Å². The standard InChI is InChI=1S/C34H35N3O/c38-34(31-18-16-28(17-19-31)24-27-10-4-1-5-11-27)36-22-20-35(21-23-36)32-25-37(26-32)33(29-12-6-2-7-13-29)30-14-8-3-9-15-30/h1-19,32-33H,20-26H2. The van der Waals surface area contributed by atoms with Crippen LogP contribution in [0.15, 0.2) is 115 Å². The molecule has 0 aliphatic carbocycles. The first kappa shape index (κ1) is 24.6. The van der Waals surface area contributed by atoms with Crippen molar-refractivity contribution in [3.05, 3.63) is 143 Å². The highest BCUT2D eigenvalue weighted by Gasteiger charge is 2.38. The molecule has 6 rings (SSSR count). The Hall–Kier alpha value is -3.73. The van der Waals surface area contributed by atoms with E-state index in [1.165, 1.54) is 22.3 Å². The van der Waals surface area contributed by atoms with Gasteiger partial charge in [-0.3, -0.25) is 14.6 Å². The molecular weight excluding hydrogens is 466 g/mol. The lowest BCUT2D eigenvalue weighted by atomic mass is 9.92. The molecule has 1 amide bonds. The minimum Gasteiger partial charge on any atom is -0.336 e. The van der Waals surface area contributed by atoms with Gasteiger partial charge in [-0.05, 0) is 40.8 Å². The molecule has 0 unspecified atom stereocenters. The molecule has 38 heavy (non-hydrogen) atoms. The van der Waals surface area contributed by atoms with Crippen LogP contribution in [0.4, 0.5) is 0 Å². The van der Waals surface area contributed by atoms with Gasteiger partial charge in [-0.15, -0.1) is 0 Å². The predicted octanol–water partition coefficient (Wildman–Crippen LogP) is 5.51. The van der Waals surface area contributed by atoms with Crippen molar-refractivity contribution < 1.29 is 4.79 Å². The molecule has 4 heteroatoms. The average Bonchev–Trinajstić information content (AvgIpc) is 2.96. The van der Waals surface area contributed by atoms with Gasteiger partial charge in [0.15, 0.2) is 0 Å². The number of rotatable bonds is 7. The Labute approximate surface area is 226 Å². The molecule has 2 heterocycles. The molecule has 0 radical (unpaired) electrons. The molecule has 0 saturated carbocycles. The van der Waals surface area contributed by atoms with E-state index in [0.29, 0.717) is 12.1 Å². The van der Waals surface area contributed by atoms with Crippen LogP contribution in [-0.2, 0) is 6.42 Å². The lowest BCUT2D eigenvalue weighted by Gasteiger charge is -2.51. The van der Waals surface area contributed by atoms with Crippen LogP contribution >= 0.6 is 0 Å². The number of likely N-dealkylation sites (tertiary alicyclic amines) is 1. The Morgan fingerprint density at radius 3 is 1.68 bits per heavy atom. The lowest BCUT2D eigenvalue weighted by Crippen LogP contribution is -2.63. The molecule has 192 valence electrons. The van der Waals surface area contributed by atoms with E-state index in [9.17, 15) is 4.79 Å². The first-order valence-corrected chi connectivity index (χ1v) is 13.7. The fraction of sp³-hybridized carbons (Fsp3) is 0.265. The monoisotopic (exact) mass is 501 g/mol. The second kappa shape index (κ2) is 11.3. The van der Waals surface area contributed by atoms with Crippen LogP contribution in [-0.4, -0.2) is 65.9 Å². The third-order valence-electron chi connectivity index (χ3n) is 8.06. The molecule has 4 aromatic rings. The van der Waals surface area contributed by atoms with Crippen molar-refractivity contribution in [1.82, 2.24) is 14.7 Å². The first-order valence-electron chi connectivity index (χ1n) is 13.7. The molecule has 0 bridgehead atoms. The maximum atomic E-state index is 13.2. The number of hydrogen-bond donors (Lipinski definition) is 0. The van der Waals surface area contributed by atoms with Gasteiger partial charge >= 0.3 is 0 Å². The molecule has 4 nitrogen and oxygen atoms in total. The van der Waals surface area contributed by atoms with Crippen LogP contribution in [0.5, 0.6) is 0 Å². The van der Waals surface area contributed by atoms with Gasteiger partial charge in [0.25, 0.3) is 5.91 Å². The van der Waals surface area contributed by atoms with E-state index >= 15 is 0 Å². The smallest absolute Gasteiger partial charge is 0.253 e. The Bertz CT molecular complexity index is 1270. The topological polar surface area (TPSA) is 26.8 Å². The summed E-state index contributed by atoms with van der Waals surface area (Å²) in [5.74, 6) is 0.152. The summed E-state index contributed by atoms with van der Waals surface area (Å²) < 4.78 is 0. The highest BCUT2D eigenvalue weighted by Crippen LogP contribution is 2.33. The first-order chi connectivity index (χ1) is 18.7. The Balaban J connectivity index is 1.02. The van der Waals surface area contributed by atoms with Crippen molar-refractivity contribution in [3.8, 4) is 0 Å². The quantitative estimate of drug-likeness (QED) is 0.334. The molecule has 2 aliphatic rings. The number of carbonyl (C=O) groups is 1.